The quantitative estimate of drug-likeness (QED) is 0.769. The highest BCUT2D eigenvalue weighted by Crippen LogP contribution is 2.15. The fourth-order valence-electron chi connectivity index (χ4n) is 2.51. The summed E-state index contributed by atoms with van der Waals surface area (Å²) in [6, 6.07) is 15.4. The first-order valence-corrected chi connectivity index (χ1v) is 8.65. The summed E-state index contributed by atoms with van der Waals surface area (Å²) in [5, 5.41) is 5.78. The summed E-state index contributed by atoms with van der Waals surface area (Å²) < 4.78 is 0. The predicted molar refractivity (Wildman–Crippen MR) is 103 cm³/mol. The Labute approximate surface area is 149 Å². The van der Waals surface area contributed by atoms with Crippen molar-refractivity contribution in [1.82, 2.24) is 0 Å². The van der Waals surface area contributed by atoms with Crippen molar-refractivity contribution in [2.24, 2.45) is 5.92 Å². The molecule has 132 valence electrons. The molecule has 0 fully saturated rings. The third-order valence-electron chi connectivity index (χ3n) is 4.07. The van der Waals surface area contributed by atoms with Crippen LogP contribution in [0.3, 0.4) is 0 Å². The van der Waals surface area contributed by atoms with Crippen molar-refractivity contribution in [2.45, 2.75) is 40.0 Å². The second-order valence-corrected chi connectivity index (χ2v) is 6.68. The largest absolute Gasteiger partial charge is 0.326 e. The maximum atomic E-state index is 12.1. The van der Waals surface area contributed by atoms with E-state index in [9.17, 15) is 9.59 Å². The van der Waals surface area contributed by atoms with E-state index in [1.165, 1.54) is 0 Å². The lowest BCUT2D eigenvalue weighted by molar-refractivity contribution is -0.118. The smallest absolute Gasteiger partial charge is 0.224 e. The Hall–Kier alpha value is -2.62. The molecule has 1 atom stereocenters. The van der Waals surface area contributed by atoms with Crippen LogP contribution in [0, 0.1) is 19.8 Å². The van der Waals surface area contributed by atoms with Gasteiger partial charge in [0, 0.05) is 24.2 Å². The number of hydrogen-bond donors (Lipinski definition) is 2. The van der Waals surface area contributed by atoms with E-state index in [-0.39, 0.29) is 17.7 Å². The summed E-state index contributed by atoms with van der Waals surface area (Å²) in [6.45, 7) is 6.01. The first-order valence-electron chi connectivity index (χ1n) is 8.65. The number of nitrogens with one attached hydrogen (secondary N) is 2. The minimum Gasteiger partial charge on any atom is -0.326 e. The van der Waals surface area contributed by atoms with Crippen LogP contribution in [0.15, 0.2) is 48.5 Å². The Morgan fingerprint density at radius 3 is 1.72 bits per heavy atom. The van der Waals surface area contributed by atoms with Gasteiger partial charge in [-0.1, -0.05) is 42.3 Å². The van der Waals surface area contributed by atoms with Gasteiger partial charge in [0.2, 0.25) is 11.8 Å². The van der Waals surface area contributed by atoms with Crippen molar-refractivity contribution in [3.8, 4) is 0 Å². The fourth-order valence-corrected chi connectivity index (χ4v) is 2.51. The normalized spacial score (nSPS) is 11.6. The monoisotopic (exact) mass is 338 g/mol. The zero-order chi connectivity index (χ0) is 18.2. The number of carbonyl (C=O) groups excluding carboxylic acids is 2. The maximum Gasteiger partial charge on any atom is 0.224 e. The molecule has 2 rings (SSSR count). The van der Waals surface area contributed by atoms with E-state index in [1.54, 1.807) is 0 Å². The molecule has 4 heteroatoms. The van der Waals surface area contributed by atoms with Gasteiger partial charge in [-0.3, -0.25) is 9.59 Å². The molecule has 0 radical (unpaired) electrons. The molecule has 0 saturated carbocycles. The molecule has 0 unspecified atom stereocenters. The van der Waals surface area contributed by atoms with Gasteiger partial charge in [-0.05, 0) is 50.5 Å². The molecule has 25 heavy (non-hydrogen) atoms. The summed E-state index contributed by atoms with van der Waals surface area (Å²) >= 11 is 0. The summed E-state index contributed by atoms with van der Waals surface area (Å²) in [5.41, 5.74) is 3.93. The lowest BCUT2D eigenvalue weighted by Gasteiger charge is -2.12. The highest BCUT2D eigenvalue weighted by Gasteiger charge is 2.12. The van der Waals surface area contributed by atoms with Crippen LogP contribution in [-0.4, -0.2) is 11.8 Å². The van der Waals surface area contributed by atoms with Crippen LogP contribution < -0.4 is 10.6 Å². The molecule has 0 saturated heterocycles. The van der Waals surface area contributed by atoms with Gasteiger partial charge in [0.25, 0.3) is 0 Å². The molecular formula is C21H26N2O2. The summed E-state index contributed by atoms with van der Waals surface area (Å²) in [5.74, 6) is 0.110. The van der Waals surface area contributed by atoms with Crippen molar-refractivity contribution in [3.63, 3.8) is 0 Å². The second kappa shape index (κ2) is 9.02. The number of amides is 2. The van der Waals surface area contributed by atoms with Crippen molar-refractivity contribution in [1.29, 1.82) is 0 Å². The number of aryl methyl sites for hydroxylation is 2. The highest BCUT2D eigenvalue weighted by molar-refractivity contribution is 5.91. The van der Waals surface area contributed by atoms with Crippen LogP contribution in [-0.2, 0) is 9.59 Å². The molecular weight excluding hydrogens is 312 g/mol. The van der Waals surface area contributed by atoms with Gasteiger partial charge >= 0.3 is 0 Å². The van der Waals surface area contributed by atoms with Crippen molar-refractivity contribution in [3.05, 3.63) is 59.7 Å². The predicted octanol–water partition coefficient (Wildman–Crippen LogP) is 4.69. The Balaban J connectivity index is 1.71. The summed E-state index contributed by atoms with van der Waals surface area (Å²) in [4.78, 5) is 24.1. The van der Waals surface area contributed by atoms with Crippen molar-refractivity contribution < 1.29 is 9.59 Å². The van der Waals surface area contributed by atoms with Crippen LogP contribution >= 0.6 is 0 Å². The third kappa shape index (κ3) is 6.79. The third-order valence-corrected chi connectivity index (χ3v) is 4.07. The van der Waals surface area contributed by atoms with Crippen LogP contribution in [0.1, 0.15) is 37.3 Å². The van der Waals surface area contributed by atoms with Crippen LogP contribution in [0.4, 0.5) is 11.4 Å². The molecule has 0 aliphatic carbocycles. The van der Waals surface area contributed by atoms with E-state index in [1.807, 2.05) is 69.3 Å². The summed E-state index contributed by atoms with van der Waals surface area (Å²) in [6.07, 6.45) is 1.50. The Bertz CT molecular complexity index is 706. The Morgan fingerprint density at radius 1 is 0.800 bits per heavy atom. The molecule has 2 N–H and O–H groups in total. The standard InChI is InChI=1S/C21H26N2O2/c1-15-4-9-18(10-5-15)22-20(24)13-8-17(3)14-21(25)23-19-11-6-16(2)7-12-19/h4-7,9-12,17H,8,13-14H2,1-3H3,(H,22,24)(H,23,25)/t17-/m0/s1. The van der Waals surface area contributed by atoms with Crippen LogP contribution in [0.2, 0.25) is 0 Å². The van der Waals surface area contributed by atoms with Gasteiger partial charge in [-0.15, -0.1) is 0 Å². The first-order chi connectivity index (χ1) is 11.9. The van der Waals surface area contributed by atoms with E-state index in [2.05, 4.69) is 10.6 Å². The van der Waals surface area contributed by atoms with Crippen molar-refractivity contribution >= 4 is 23.2 Å². The molecule has 0 aromatic heterocycles. The SMILES string of the molecule is Cc1ccc(NC(=O)CC[C@H](C)CC(=O)Nc2ccc(C)cc2)cc1. The molecule has 0 aliphatic heterocycles. The van der Waals surface area contributed by atoms with E-state index in [4.69, 9.17) is 0 Å². The van der Waals surface area contributed by atoms with Gasteiger partial charge < -0.3 is 10.6 Å². The van der Waals surface area contributed by atoms with Gasteiger partial charge in [-0.2, -0.15) is 0 Å². The molecule has 2 aromatic rings. The molecule has 0 bridgehead atoms. The van der Waals surface area contributed by atoms with Gasteiger partial charge in [0.05, 0.1) is 0 Å². The van der Waals surface area contributed by atoms with E-state index in [0.717, 1.165) is 22.5 Å². The number of anilines is 2. The van der Waals surface area contributed by atoms with Crippen molar-refractivity contribution in [2.75, 3.05) is 10.6 Å². The zero-order valence-electron chi connectivity index (χ0n) is 15.1. The van der Waals surface area contributed by atoms with Gasteiger partial charge in [-0.25, -0.2) is 0 Å². The first kappa shape index (κ1) is 18.7. The number of benzene rings is 2. The molecule has 2 aromatic carbocycles. The molecule has 4 nitrogen and oxygen atoms in total. The average Bonchev–Trinajstić information content (AvgIpc) is 2.57. The number of carbonyl (C=O) groups is 2. The van der Waals surface area contributed by atoms with E-state index < -0.39 is 0 Å². The van der Waals surface area contributed by atoms with E-state index >= 15 is 0 Å². The molecule has 0 heterocycles. The Morgan fingerprint density at radius 2 is 1.24 bits per heavy atom. The highest BCUT2D eigenvalue weighted by atomic mass is 16.2. The van der Waals surface area contributed by atoms with Crippen LogP contribution in [0.25, 0.3) is 0 Å². The lowest BCUT2D eigenvalue weighted by Crippen LogP contribution is -2.17. The number of rotatable bonds is 7. The summed E-state index contributed by atoms with van der Waals surface area (Å²) in [7, 11) is 0. The number of hydrogen-bond acceptors (Lipinski definition) is 2. The van der Waals surface area contributed by atoms with Crippen LogP contribution in [0.5, 0.6) is 0 Å². The zero-order valence-corrected chi connectivity index (χ0v) is 15.1. The molecule has 0 aliphatic rings. The lowest BCUT2D eigenvalue weighted by atomic mass is 10.0. The molecule has 2 amide bonds. The maximum absolute atomic E-state index is 12.1. The van der Waals surface area contributed by atoms with E-state index in [0.29, 0.717) is 19.3 Å². The van der Waals surface area contributed by atoms with Gasteiger partial charge in [0.15, 0.2) is 0 Å². The average molecular weight is 338 g/mol. The minimum absolute atomic E-state index is 0.0182. The topological polar surface area (TPSA) is 58.2 Å². The minimum atomic E-state index is -0.0188. The Kier molecular flexibility index (Phi) is 6.75. The second-order valence-electron chi connectivity index (χ2n) is 6.68. The fraction of sp³-hybridized carbons (Fsp3) is 0.333. The van der Waals surface area contributed by atoms with Gasteiger partial charge in [0.1, 0.15) is 0 Å². The molecule has 0 spiro atoms.